The Morgan fingerprint density at radius 1 is 0.313 bits per heavy atom. The summed E-state index contributed by atoms with van der Waals surface area (Å²) in [7, 11) is 0. The summed E-state index contributed by atoms with van der Waals surface area (Å²) in [5.41, 5.74) is 21.4. The van der Waals surface area contributed by atoms with Gasteiger partial charge in [-0.3, -0.25) is 0 Å². The highest BCUT2D eigenvalue weighted by Gasteiger charge is 2.51. The van der Waals surface area contributed by atoms with Crippen LogP contribution >= 0.6 is 0 Å². The van der Waals surface area contributed by atoms with E-state index in [0.717, 1.165) is 28.3 Å². The van der Waals surface area contributed by atoms with Gasteiger partial charge in [-0.2, -0.15) is 0 Å². The second kappa shape index (κ2) is 14.7. The average Bonchev–Trinajstić information content (AvgIpc) is 3.89. The molecule has 1 atom stereocenters. The SMILES string of the molecule is c1ccc(-c2ccc(N(c3ccc4c(c3)C3(c5ccccc5-4)c4ccccc4-c4cccc5ccc(-c6ccccc6)c3c45)c3ccc4c5ccccc5n(-c5ccccc5)c4c3)cc2)cc1. The third kappa shape index (κ3) is 5.45. The van der Waals surface area contributed by atoms with Crippen molar-refractivity contribution < 1.29 is 0 Å². The number of hydrogen-bond donors (Lipinski definition) is 0. The summed E-state index contributed by atoms with van der Waals surface area (Å²) >= 11 is 0. The molecule has 1 spiro atoms. The van der Waals surface area contributed by atoms with Crippen LogP contribution in [0.1, 0.15) is 22.3 Å². The highest BCUT2D eigenvalue weighted by Crippen LogP contribution is 2.64. The molecule has 0 amide bonds. The Labute approximate surface area is 389 Å². The van der Waals surface area contributed by atoms with Crippen molar-refractivity contribution in [3.8, 4) is 50.2 Å². The van der Waals surface area contributed by atoms with E-state index in [1.807, 2.05) is 0 Å². The largest absolute Gasteiger partial charge is 0.310 e. The van der Waals surface area contributed by atoms with Crippen molar-refractivity contribution in [1.29, 1.82) is 0 Å². The average molecular weight is 851 g/mol. The predicted molar refractivity (Wildman–Crippen MR) is 280 cm³/mol. The van der Waals surface area contributed by atoms with Gasteiger partial charge in [0.15, 0.2) is 0 Å². The minimum atomic E-state index is -0.621. The van der Waals surface area contributed by atoms with Crippen LogP contribution in [0.15, 0.2) is 255 Å². The number of aromatic nitrogens is 1. The van der Waals surface area contributed by atoms with Crippen molar-refractivity contribution in [3.63, 3.8) is 0 Å². The van der Waals surface area contributed by atoms with Crippen LogP contribution in [0.25, 0.3) is 82.8 Å². The smallest absolute Gasteiger partial charge is 0.0732 e. The molecule has 11 aromatic carbocycles. The normalized spacial score (nSPS) is 14.3. The van der Waals surface area contributed by atoms with Crippen LogP contribution in [0, 0.1) is 0 Å². The van der Waals surface area contributed by atoms with Crippen LogP contribution in [0.2, 0.25) is 0 Å². The first-order valence-corrected chi connectivity index (χ1v) is 23.3. The van der Waals surface area contributed by atoms with E-state index in [1.165, 1.54) is 93.8 Å². The maximum atomic E-state index is 2.52. The van der Waals surface area contributed by atoms with E-state index in [4.69, 9.17) is 0 Å². The summed E-state index contributed by atoms with van der Waals surface area (Å²) in [6.07, 6.45) is 0. The van der Waals surface area contributed by atoms with Gasteiger partial charge in [-0.15, -0.1) is 0 Å². The summed E-state index contributed by atoms with van der Waals surface area (Å²) in [5, 5.41) is 5.04. The van der Waals surface area contributed by atoms with Gasteiger partial charge in [0.2, 0.25) is 0 Å². The summed E-state index contributed by atoms with van der Waals surface area (Å²) in [4.78, 5) is 2.47. The summed E-state index contributed by atoms with van der Waals surface area (Å²) in [6, 6.07) is 94.6. The Bertz CT molecular complexity index is 3900. The second-order valence-electron chi connectivity index (χ2n) is 18.0. The lowest BCUT2D eigenvalue weighted by atomic mass is 9.60. The molecule has 0 radical (unpaired) electrons. The molecule has 12 aromatic rings. The molecular weight excluding hydrogens is 809 g/mol. The molecule has 0 aliphatic heterocycles. The number of benzene rings is 11. The van der Waals surface area contributed by atoms with E-state index < -0.39 is 5.41 Å². The third-order valence-electron chi connectivity index (χ3n) is 14.6. The molecule has 1 unspecified atom stereocenters. The molecule has 0 saturated heterocycles. The number of anilines is 3. The van der Waals surface area contributed by atoms with E-state index in [2.05, 4.69) is 264 Å². The predicted octanol–water partition coefficient (Wildman–Crippen LogP) is 17.1. The van der Waals surface area contributed by atoms with Crippen molar-refractivity contribution in [2.75, 3.05) is 4.90 Å². The molecule has 0 fully saturated rings. The molecule has 1 aromatic heterocycles. The Morgan fingerprint density at radius 3 is 1.61 bits per heavy atom. The monoisotopic (exact) mass is 850 g/mol. The quantitative estimate of drug-likeness (QED) is 0.162. The second-order valence-corrected chi connectivity index (χ2v) is 18.0. The van der Waals surface area contributed by atoms with E-state index in [0.29, 0.717) is 0 Å². The van der Waals surface area contributed by atoms with Gasteiger partial charge in [0.05, 0.1) is 16.4 Å². The maximum Gasteiger partial charge on any atom is 0.0732 e. The van der Waals surface area contributed by atoms with Crippen molar-refractivity contribution in [1.82, 2.24) is 4.57 Å². The Morgan fingerprint density at radius 2 is 0.851 bits per heavy atom. The van der Waals surface area contributed by atoms with Crippen LogP contribution in [0.3, 0.4) is 0 Å². The van der Waals surface area contributed by atoms with Crippen LogP contribution < -0.4 is 4.90 Å². The lowest BCUT2D eigenvalue weighted by molar-refractivity contribution is 0.775. The highest BCUT2D eigenvalue weighted by molar-refractivity contribution is 6.12. The molecule has 14 rings (SSSR count). The van der Waals surface area contributed by atoms with E-state index in [-0.39, 0.29) is 0 Å². The molecule has 2 nitrogen and oxygen atoms in total. The standard InChI is InChI=1S/C65H42N2/c1-4-17-43(18-5-1)44-31-34-48(35-32-44)66(50-37-40-56-55-26-12-15-30-61(55)67(62(56)42-50)47-22-8-3-9-23-47)49-36-39-54-52-24-10-13-28-58(52)65(60(54)41-49)59-29-14-11-25-53(59)57-27-16-21-46-33-38-51(64(65)63(46)57)45-19-6-2-7-20-45/h1-42H. The van der Waals surface area contributed by atoms with Gasteiger partial charge in [-0.25, -0.2) is 0 Å². The lowest BCUT2D eigenvalue weighted by Gasteiger charge is -2.41. The number of hydrogen-bond acceptors (Lipinski definition) is 1. The summed E-state index contributed by atoms with van der Waals surface area (Å²) in [5.74, 6) is 0. The first-order valence-electron chi connectivity index (χ1n) is 23.3. The Hall–Kier alpha value is -8.72. The van der Waals surface area contributed by atoms with Crippen molar-refractivity contribution in [3.05, 3.63) is 277 Å². The topological polar surface area (TPSA) is 8.17 Å². The minimum Gasteiger partial charge on any atom is -0.310 e. The molecule has 2 aliphatic rings. The zero-order chi connectivity index (χ0) is 44.1. The molecule has 0 bridgehead atoms. The van der Waals surface area contributed by atoms with Gasteiger partial charge in [0.25, 0.3) is 0 Å². The van der Waals surface area contributed by atoms with Crippen molar-refractivity contribution in [2.45, 2.75) is 5.41 Å². The molecule has 2 heteroatoms. The Kier molecular flexibility index (Phi) is 8.23. The van der Waals surface area contributed by atoms with Crippen LogP contribution in [-0.4, -0.2) is 4.57 Å². The number of fused-ring (bicyclic) bond motifs is 12. The van der Waals surface area contributed by atoms with Crippen LogP contribution in [0.4, 0.5) is 17.1 Å². The fraction of sp³-hybridized carbons (Fsp3) is 0.0154. The third-order valence-corrected chi connectivity index (χ3v) is 14.6. The van der Waals surface area contributed by atoms with Gasteiger partial charge >= 0.3 is 0 Å². The Balaban J connectivity index is 1.07. The van der Waals surface area contributed by atoms with Crippen LogP contribution in [-0.2, 0) is 5.41 Å². The summed E-state index contributed by atoms with van der Waals surface area (Å²) < 4.78 is 2.42. The maximum absolute atomic E-state index is 2.52. The number of rotatable bonds is 6. The lowest BCUT2D eigenvalue weighted by Crippen LogP contribution is -2.32. The first kappa shape index (κ1) is 37.6. The van der Waals surface area contributed by atoms with Gasteiger partial charge in [0, 0.05) is 33.5 Å². The van der Waals surface area contributed by atoms with Crippen molar-refractivity contribution in [2.24, 2.45) is 0 Å². The molecular formula is C65H42N2. The zero-order valence-electron chi connectivity index (χ0n) is 36.6. The van der Waals surface area contributed by atoms with Gasteiger partial charge in [-0.05, 0) is 132 Å². The van der Waals surface area contributed by atoms with E-state index >= 15 is 0 Å². The van der Waals surface area contributed by atoms with E-state index in [1.54, 1.807) is 0 Å². The summed E-state index contributed by atoms with van der Waals surface area (Å²) in [6.45, 7) is 0. The van der Waals surface area contributed by atoms with Gasteiger partial charge < -0.3 is 9.47 Å². The minimum absolute atomic E-state index is 0.621. The van der Waals surface area contributed by atoms with E-state index in [9.17, 15) is 0 Å². The fourth-order valence-electron chi connectivity index (χ4n) is 11.8. The van der Waals surface area contributed by atoms with Gasteiger partial charge in [-0.1, -0.05) is 200 Å². The number of nitrogens with zero attached hydrogens (tertiary/aromatic N) is 2. The molecule has 0 saturated carbocycles. The molecule has 67 heavy (non-hydrogen) atoms. The number of para-hydroxylation sites is 2. The molecule has 2 aliphatic carbocycles. The molecule has 0 N–H and O–H groups in total. The van der Waals surface area contributed by atoms with Gasteiger partial charge in [0.1, 0.15) is 0 Å². The van der Waals surface area contributed by atoms with Crippen molar-refractivity contribution >= 4 is 49.6 Å². The fourth-order valence-corrected chi connectivity index (χ4v) is 11.8. The highest BCUT2D eigenvalue weighted by atomic mass is 15.1. The zero-order valence-corrected chi connectivity index (χ0v) is 36.6. The van der Waals surface area contributed by atoms with Crippen LogP contribution in [0.5, 0.6) is 0 Å². The molecule has 1 heterocycles. The first-order chi connectivity index (χ1) is 33.3. The molecule has 312 valence electrons.